The highest BCUT2D eigenvalue weighted by Gasteiger charge is 2.28. The van der Waals surface area contributed by atoms with E-state index in [0.29, 0.717) is 0 Å². The van der Waals surface area contributed by atoms with Crippen molar-refractivity contribution in [2.24, 2.45) is 0 Å². The van der Waals surface area contributed by atoms with E-state index in [9.17, 15) is 8.42 Å². The Morgan fingerprint density at radius 1 is 1.35 bits per heavy atom. The van der Waals surface area contributed by atoms with Crippen molar-refractivity contribution in [2.45, 2.75) is 31.2 Å². The van der Waals surface area contributed by atoms with Gasteiger partial charge < -0.3 is 0 Å². The van der Waals surface area contributed by atoms with Crippen LogP contribution < -0.4 is 0 Å². The molecular formula is C13H14ClN3O2S. The molecule has 0 N–H and O–H groups in total. The lowest BCUT2D eigenvalue weighted by molar-refractivity contribution is 0.360. The van der Waals surface area contributed by atoms with Crippen molar-refractivity contribution in [2.75, 3.05) is 6.54 Å². The van der Waals surface area contributed by atoms with Gasteiger partial charge in [-0.3, -0.25) is 0 Å². The highest BCUT2D eigenvalue weighted by atomic mass is 35.5. The van der Waals surface area contributed by atoms with Gasteiger partial charge in [0.15, 0.2) is 0 Å². The largest absolute Gasteiger partial charge is 0.244 e. The third kappa shape index (κ3) is 3.49. The van der Waals surface area contributed by atoms with E-state index < -0.39 is 10.0 Å². The first-order chi connectivity index (χ1) is 9.34. The van der Waals surface area contributed by atoms with Crippen molar-refractivity contribution in [3.8, 4) is 12.1 Å². The Balaban J connectivity index is 3.34. The summed E-state index contributed by atoms with van der Waals surface area (Å²) in [6, 6.07) is 7.59. The molecule has 0 saturated heterocycles. The monoisotopic (exact) mass is 311 g/mol. The first kappa shape index (κ1) is 16.5. The van der Waals surface area contributed by atoms with Gasteiger partial charge in [-0.2, -0.15) is 14.8 Å². The van der Waals surface area contributed by atoms with Crippen molar-refractivity contribution < 1.29 is 8.42 Å². The first-order valence-corrected chi connectivity index (χ1v) is 7.74. The third-order valence-electron chi connectivity index (χ3n) is 2.67. The van der Waals surface area contributed by atoms with Crippen molar-refractivity contribution in [3.63, 3.8) is 0 Å². The minimum absolute atomic E-state index is 0.0617. The van der Waals surface area contributed by atoms with Crippen molar-refractivity contribution in [1.82, 2.24) is 4.31 Å². The summed E-state index contributed by atoms with van der Waals surface area (Å²) in [6.45, 7) is 3.53. The molecule has 106 valence electrons. The zero-order valence-electron chi connectivity index (χ0n) is 11.2. The summed E-state index contributed by atoms with van der Waals surface area (Å²) in [4.78, 5) is -0.107. The molecule has 5 nitrogen and oxygen atoms in total. The summed E-state index contributed by atoms with van der Waals surface area (Å²) in [5.74, 6) is 0. The number of halogens is 1. The molecule has 1 aromatic carbocycles. The lowest BCUT2D eigenvalue weighted by Gasteiger charge is -2.25. The van der Waals surface area contributed by atoms with Gasteiger partial charge >= 0.3 is 0 Å². The third-order valence-corrected chi connectivity index (χ3v) is 5.22. The molecular weight excluding hydrogens is 298 g/mol. The Kier molecular flexibility index (Phi) is 5.52. The van der Waals surface area contributed by atoms with Gasteiger partial charge in [0.25, 0.3) is 0 Å². The number of benzene rings is 1. The van der Waals surface area contributed by atoms with E-state index in [1.54, 1.807) is 13.8 Å². The van der Waals surface area contributed by atoms with Crippen LogP contribution in [-0.4, -0.2) is 25.3 Å². The molecule has 0 saturated carbocycles. The Morgan fingerprint density at radius 3 is 2.50 bits per heavy atom. The molecule has 7 heteroatoms. The van der Waals surface area contributed by atoms with E-state index in [2.05, 4.69) is 0 Å². The van der Waals surface area contributed by atoms with Gasteiger partial charge in [0.1, 0.15) is 4.90 Å². The number of nitrogens with zero attached hydrogens (tertiary/aromatic N) is 3. The zero-order valence-corrected chi connectivity index (χ0v) is 12.7. The quantitative estimate of drug-likeness (QED) is 0.836. The number of rotatable bonds is 5. The molecule has 0 radical (unpaired) electrons. The lowest BCUT2D eigenvalue weighted by atomic mass is 10.2. The highest BCUT2D eigenvalue weighted by molar-refractivity contribution is 7.89. The highest BCUT2D eigenvalue weighted by Crippen LogP contribution is 2.27. The molecule has 0 heterocycles. The Morgan fingerprint density at radius 2 is 2.00 bits per heavy atom. The maximum Gasteiger partial charge on any atom is 0.244 e. The van der Waals surface area contributed by atoms with Crippen LogP contribution in [0.25, 0.3) is 0 Å². The average Bonchev–Trinajstić information content (AvgIpc) is 2.38. The van der Waals surface area contributed by atoms with Gasteiger partial charge in [0.05, 0.1) is 22.7 Å². The molecule has 0 unspecified atom stereocenters. The van der Waals surface area contributed by atoms with Crippen molar-refractivity contribution >= 4 is 21.6 Å². The molecule has 1 rings (SSSR count). The minimum Gasteiger partial charge on any atom is -0.207 e. The Hall–Kier alpha value is -1.60. The van der Waals surface area contributed by atoms with E-state index in [1.807, 2.05) is 12.1 Å². The van der Waals surface area contributed by atoms with E-state index in [4.69, 9.17) is 22.1 Å². The molecule has 0 fully saturated rings. The fourth-order valence-electron chi connectivity index (χ4n) is 1.71. The van der Waals surface area contributed by atoms with Gasteiger partial charge in [0, 0.05) is 19.0 Å². The number of sulfonamides is 1. The van der Waals surface area contributed by atoms with Crippen LogP contribution in [0.1, 0.15) is 25.8 Å². The molecule has 0 atom stereocenters. The van der Waals surface area contributed by atoms with Gasteiger partial charge in [-0.25, -0.2) is 8.42 Å². The summed E-state index contributed by atoms with van der Waals surface area (Å²) in [7, 11) is -3.84. The smallest absolute Gasteiger partial charge is 0.207 e. The molecule has 0 aliphatic rings. The van der Waals surface area contributed by atoms with Crippen LogP contribution in [0.4, 0.5) is 0 Å². The number of hydrogen-bond acceptors (Lipinski definition) is 4. The molecule has 0 amide bonds. The van der Waals surface area contributed by atoms with Gasteiger partial charge in [0.2, 0.25) is 10.0 Å². The van der Waals surface area contributed by atoms with Crippen molar-refractivity contribution in [3.05, 3.63) is 28.8 Å². The lowest BCUT2D eigenvalue weighted by Crippen LogP contribution is -2.37. The first-order valence-electron chi connectivity index (χ1n) is 5.93. The summed E-state index contributed by atoms with van der Waals surface area (Å²) in [6.07, 6.45) is 0.0902. The maximum absolute atomic E-state index is 12.6. The normalized spacial score (nSPS) is 11.3. The summed E-state index contributed by atoms with van der Waals surface area (Å²) >= 11 is 5.94. The molecule has 0 aliphatic heterocycles. The second-order valence-electron chi connectivity index (χ2n) is 4.37. The van der Waals surface area contributed by atoms with Crippen LogP contribution in [0.5, 0.6) is 0 Å². The van der Waals surface area contributed by atoms with E-state index in [-0.39, 0.29) is 34.5 Å². The molecule has 1 aromatic rings. The molecule has 0 aromatic heterocycles. The maximum atomic E-state index is 12.6. The van der Waals surface area contributed by atoms with Crippen LogP contribution in [0.3, 0.4) is 0 Å². The topological polar surface area (TPSA) is 85.0 Å². The predicted octanol–water partition coefficient (Wildman–Crippen LogP) is 2.52. The Bertz CT molecular complexity index is 672. The fourth-order valence-corrected chi connectivity index (χ4v) is 3.85. The van der Waals surface area contributed by atoms with Gasteiger partial charge in [-0.1, -0.05) is 11.6 Å². The minimum atomic E-state index is -3.84. The molecule has 0 spiro atoms. The second-order valence-corrected chi connectivity index (χ2v) is 6.64. The SMILES string of the molecule is CC(C)N(CCC#N)S(=O)(=O)c1cc(C#N)ccc1Cl. The van der Waals surface area contributed by atoms with Gasteiger partial charge in [-0.05, 0) is 32.0 Å². The molecule has 0 bridgehead atoms. The van der Waals surface area contributed by atoms with Crippen LogP contribution in [0.2, 0.25) is 5.02 Å². The number of hydrogen-bond donors (Lipinski definition) is 0. The zero-order chi connectivity index (χ0) is 15.3. The predicted molar refractivity (Wildman–Crippen MR) is 75.4 cm³/mol. The van der Waals surface area contributed by atoms with Gasteiger partial charge in [-0.15, -0.1) is 0 Å². The molecule has 20 heavy (non-hydrogen) atoms. The number of nitriles is 2. The van der Waals surface area contributed by atoms with Crippen LogP contribution in [-0.2, 0) is 10.0 Å². The summed E-state index contributed by atoms with van der Waals surface area (Å²) < 4.78 is 26.4. The van der Waals surface area contributed by atoms with Crippen LogP contribution >= 0.6 is 11.6 Å². The van der Waals surface area contributed by atoms with E-state index in [1.165, 1.54) is 22.5 Å². The summed E-state index contributed by atoms with van der Waals surface area (Å²) in [5, 5.41) is 17.6. The Labute approximate surface area is 124 Å². The van der Waals surface area contributed by atoms with Crippen molar-refractivity contribution in [1.29, 1.82) is 10.5 Å². The molecule has 0 aliphatic carbocycles. The second kappa shape index (κ2) is 6.71. The van der Waals surface area contributed by atoms with Crippen LogP contribution in [0, 0.1) is 22.7 Å². The van der Waals surface area contributed by atoms with E-state index >= 15 is 0 Å². The van der Waals surface area contributed by atoms with Crippen LogP contribution in [0.15, 0.2) is 23.1 Å². The van der Waals surface area contributed by atoms with E-state index in [0.717, 1.165) is 0 Å². The average molecular weight is 312 g/mol. The summed E-state index contributed by atoms with van der Waals surface area (Å²) in [5.41, 5.74) is 0.219. The fraction of sp³-hybridized carbons (Fsp3) is 0.385. The standard InChI is InChI=1S/C13H14ClN3O2S/c1-10(2)17(7-3-6-15)20(18,19)13-8-11(9-16)4-5-12(13)14/h4-5,8,10H,3,7H2,1-2H3.